The van der Waals surface area contributed by atoms with Crippen molar-refractivity contribution >= 4 is 28.4 Å². The molecule has 1 amide bonds. The smallest absolute Gasteiger partial charge is 0.412 e. The second-order valence-electron chi connectivity index (χ2n) is 6.69. The van der Waals surface area contributed by atoms with Crippen molar-refractivity contribution in [3.05, 3.63) is 60.2 Å². The first kappa shape index (κ1) is 21.1. The Kier molecular flexibility index (Phi) is 8.56. The van der Waals surface area contributed by atoms with Gasteiger partial charge in [-0.3, -0.25) is 5.32 Å². The summed E-state index contributed by atoms with van der Waals surface area (Å²) in [6.07, 6.45) is 8.67. The number of anilines is 1. The minimum absolute atomic E-state index is 0.442. The Morgan fingerprint density at radius 3 is 2.64 bits per heavy atom. The zero-order valence-electron chi connectivity index (χ0n) is 15.9. The van der Waals surface area contributed by atoms with Gasteiger partial charge in [0.1, 0.15) is 5.60 Å². The third kappa shape index (κ3) is 8.64. The van der Waals surface area contributed by atoms with Crippen LogP contribution in [0.1, 0.15) is 45.2 Å². The van der Waals surface area contributed by atoms with Crippen LogP contribution in [0.15, 0.2) is 49.1 Å². The van der Waals surface area contributed by atoms with Gasteiger partial charge in [-0.05, 0) is 64.3 Å². The topological polar surface area (TPSA) is 38.3 Å². The summed E-state index contributed by atoms with van der Waals surface area (Å²) < 4.78 is 5.33. The Morgan fingerprint density at radius 2 is 2.04 bits per heavy atom. The lowest BCUT2D eigenvalue weighted by Crippen LogP contribution is -2.27. The summed E-state index contributed by atoms with van der Waals surface area (Å²) in [6.45, 7) is 13.4. The summed E-state index contributed by atoms with van der Waals surface area (Å²) in [7, 11) is 0. The average molecular weight is 360 g/mol. The molecule has 0 aliphatic heterocycles. The zero-order chi connectivity index (χ0) is 18.9. The molecule has 0 unspecified atom stereocenters. The van der Waals surface area contributed by atoms with Gasteiger partial charge in [-0.1, -0.05) is 30.4 Å². The van der Waals surface area contributed by atoms with Crippen molar-refractivity contribution in [1.29, 1.82) is 0 Å². The summed E-state index contributed by atoms with van der Waals surface area (Å²) in [5, 5.41) is 2.83. The SMILES string of the molecule is C=CCS/C(=C\C/C=C\C)c1cc(C)cc(NC(=O)OC(C)(C)C)c1. The van der Waals surface area contributed by atoms with Crippen molar-refractivity contribution in [3.8, 4) is 0 Å². The number of hydrogen-bond acceptors (Lipinski definition) is 3. The Balaban J connectivity index is 3.05. The minimum atomic E-state index is -0.520. The summed E-state index contributed by atoms with van der Waals surface area (Å²) >= 11 is 1.74. The van der Waals surface area contributed by atoms with Gasteiger partial charge in [-0.25, -0.2) is 4.79 Å². The van der Waals surface area contributed by atoms with Crippen LogP contribution in [-0.4, -0.2) is 17.4 Å². The van der Waals surface area contributed by atoms with Gasteiger partial charge < -0.3 is 4.74 Å². The molecule has 136 valence electrons. The molecule has 0 saturated carbocycles. The highest BCUT2D eigenvalue weighted by atomic mass is 32.2. The van der Waals surface area contributed by atoms with Crippen LogP contribution < -0.4 is 5.32 Å². The maximum absolute atomic E-state index is 12.0. The Labute approximate surface area is 156 Å². The molecule has 3 nitrogen and oxygen atoms in total. The van der Waals surface area contributed by atoms with Gasteiger partial charge in [-0.2, -0.15) is 0 Å². The number of carbonyl (C=O) groups is 1. The molecule has 1 N–H and O–H groups in total. The Hall–Kier alpha value is -1.94. The van der Waals surface area contributed by atoms with Gasteiger partial charge in [0.25, 0.3) is 0 Å². The Morgan fingerprint density at radius 1 is 1.32 bits per heavy atom. The van der Waals surface area contributed by atoms with E-state index < -0.39 is 11.7 Å². The number of amides is 1. The molecule has 0 radical (unpaired) electrons. The van der Waals surface area contributed by atoms with E-state index in [9.17, 15) is 4.79 Å². The maximum atomic E-state index is 12.0. The lowest BCUT2D eigenvalue weighted by molar-refractivity contribution is 0.0636. The summed E-state index contributed by atoms with van der Waals surface area (Å²) in [5.41, 5.74) is 2.39. The number of ether oxygens (including phenoxy) is 1. The van der Waals surface area contributed by atoms with Crippen molar-refractivity contribution in [2.45, 2.75) is 46.6 Å². The fraction of sp³-hybridized carbons (Fsp3) is 0.381. The highest BCUT2D eigenvalue weighted by Crippen LogP contribution is 2.31. The van der Waals surface area contributed by atoms with Gasteiger partial charge in [0.2, 0.25) is 0 Å². The number of hydrogen-bond donors (Lipinski definition) is 1. The maximum Gasteiger partial charge on any atom is 0.412 e. The number of nitrogens with one attached hydrogen (secondary N) is 1. The van der Waals surface area contributed by atoms with Gasteiger partial charge in [0, 0.05) is 16.3 Å². The molecular formula is C21H29NO2S. The van der Waals surface area contributed by atoms with Crippen LogP contribution in [-0.2, 0) is 4.74 Å². The van der Waals surface area contributed by atoms with E-state index in [1.54, 1.807) is 11.8 Å². The van der Waals surface area contributed by atoms with Gasteiger partial charge in [0.15, 0.2) is 0 Å². The van der Waals surface area contributed by atoms with E-state index in [-0.39, 0.29) is 0 Å². The lowest BCUT2D eigenvalue weighted by Gasteiger charge is -2.20. The molecule has 0 fully saturated rings. The van der Waals surface area contributed by atoms with E-state index in [1.807, 2.05) is 58.9 Å². The van der Waals surface area contributed by atoms with Crippen LogP contribution in [0.25, 0.3) is 4.91 Å². The average Bonchev–Trinajstić information content (AvgIpc) is 2.48. The third-order valence-electron chi connectivity index (χ3n) is 3.04. The van der Waals surface area contributed by atoms with Crippen LogP contribution in [0.3, 0.4) is 0 Å². The Bertz CT molecular complexity index is 654. The quantitative estimate of drug-likeness (QED) is 0.560. The molecule has 0 aliphatic carbocycles. The predicted molar refractivity (Wildman–Crippen MR) is 111 cm³/mol. The highest BCUT2D eigenvalue weighted by Gasteiger charge is 2.16. The van der Waals surface area contributed by atoms with E-state index in [1.165, 1.54) is 4.91 Å². The summed E-state index contributed by atoms with van der Waals surface area (Å²) in [4.78, 5) is 13.2. The van der Waals surface area contributed by atoms with E-state index in [0.717, 1.165) is 29.0 Å². The molecule has 0 bridgehead atoms. The van der Waals surface area contributed by atoms with Crippen molar-refractivity contribution in [3.63, 3.8) is 0 Å². The molecule has 0 aliphatic rings. The van der Waals surface area contributed by atoms with Crippen molar-refractivity contribution < 1.29 is 9.53 Å². The zero-order valence-corrected chi connectivity index (χ0v) is 16.7. The molecule has 1 aromatic carbocycles. The number of rotatable bonds is 7. The second kappa shape index (κ2) is 10.1. The number of carbonyl (C=O) groups excluding carboxylic acids is 1. The summed E-state index contributed by atoms with van der Waals surface area (Å²) in [6, 6.07) is 6.04. The molecule has 0 aromatic heterocycles. The molecule has 4 heteroatoms. The number of allylic oxidation sites excluding steroid dienone is 3. The fourth-order valence-corrected chi connectivity index (χ4v) is 2.93. The van der Waals surface area contributed by atoms with E-state index in [2.05, 4.69) is 30.1 Å². The first-order chi connectivity index (χ1) is 11.7. The van der Waals surface area contributed by atoms with Crippen LogP contribution in [0.2, 0.25) is 0 Å². The first-order valence-electron chi connectivity index (χ1n) is 8.42. The van der Waals surface area contributed by atoms with Crippen LogP contribution in [0.4, 0.5) is 10.5 Å². The van der Waals surface area contributed by atoms with Gasteiger partial charge >= 0.3 is 6.09 Å². The van der Waals surface area contributed by atoms with Gasteiger partial charge in [0.05, 0.1) is 0 Å². The van der Waals surface area contributed by atoms with Crippen molar-refractivity contribution in [1.82, 2.24) is 0 Å². The fourth-order valence-electron chi connectivity index (χ4n) is 2.14. The number of thioether (sulfide) groups is 1. The lowest BCUT2D eigenvalue weighted by atomic mass is 10.1. The molecule has 1 rings (SSSR count). The predicted octanol–water partition coefficient (Wildman–Crippen LogP) is 6.57. The number of benzene rings is 1. The molecule has 0 atom stereocenters. The normalized spacial score (nSPS) is 12.3. The summed E-state index contributed by atoms with van der Waals surface area (Å²) in [5.74, 6) is 0.838. The molecule has 0 saturated heterocycles. The van der Waals surface area contributed by atoms with Crippen LogP contribution in [0.5, 0.6) is 0 Å². The van der Waals surface area contributed by atoms with E-state index in [4.69, 9.17) is 4.74 Å². The third-order valence-corrected chi connectivity index (χ3v) is 4.15. The second-order valence-corrected chi connectivity index (χ2v) is 7.75. The van der Waals surface area contributed by atoms with Gasteiger partial charge in [-0.15, -0.1) is 18.3 Å². The van der Waals surface area contributed by atoms with Crippen molar-refractivity contribution in [2.75, 3.05) is 11.1 Å². The van der Waals surface area contributed by atoms with Crippen LogP contribution in [0, 0.1) is 6.92 Å². The van der Waals surface area contributed by atoms with Crippen LogP contribution >= 0.6 is 11.8 Å². The molecule has 25 heavy (non-hydrogen) atoms. The highest BCUT2D eigenvalue weighted by molar-refractivity contribution is 8.08. The minimum Gasteiger partial charge on any atom is -0.444 e. The standard InChI is InChI=1S/C21H29NO2S/c1-7-9-10-11-19(25-12-8-2)17-13-16(3)14-18(15-17)22-20(23)24-21(4,5)6/h7-9,11,13-15H,2,10,12H2,1,3-6H3,(H,22,23)/b9-7-,19-11-. The molecule has 0 heterocycles. The first-order valence-corrected chi connectivity index (χ1v) is 9.41. The van der Waals surface area contributed by atoms with Crippen molar-refractivity contribution in [2.24, 2.45) is 0 Å². The molecule has 0 spiro atoms. The number of aryl methyl sites for hydroxylation is 1. The van der Waals surface area contributed by atoms with E-state index >= 15 is 0 Å². The largest absolute Gasteiger partial charge is 0.444 e. The van der Waals surface area contributed by atoms with E-state index in [0.29, 0.717) is 0 Å². The monoisotopic (exact) mass is 359 g/mol. The molecule has 1 aromatic rings. The molecular weight excluding hydrogens is 330 g/mol.